The van der Waals surface area contributed by atoms with Crippen LogP contribution in [0.5, 0.6) is 0 Å². The predicted octanol–water partition coefficient (Wildman–Crippen LogP) is 0.258. The SMILES string of the molecule is CCC(NC(=O)C[C@@H]1CCC[C@H]1N)C(=O)N1CCOCC1. The van der Waals surface area contributed by atoms with Gasteiger partial charge in [-0.25, -0.2) is 0 Å². The Morgan fingerprint density at radius 2 is 2.05 bits per heavy atom. The lowest BCUT2D eigenvalue weighted by atomic mass is 9.99. The Morgan fingerprint density at radius 3 is 2.62 bits per heavy atom. The summed E-state index contributed by atoms with van der Waals surface area (Å²) in [5.74, 6) is 0.219. The Hall–Kier alpha value is -1.14. The van der Waals surface area contributed by atoms with Crippen molar-refractivity contribution in [2.45, 2.75) is 51.1 Å². The van der Waals surface area contributed by atoms with Crippen molar-refractivity contribution < 1.29 is 14.3 Å². The molecule has 0 bridgehead atoms. The zero-order valence-electron chi connectivity index (χ0n) is 12.8. The quantitative estimate of drug-likeness (QED) is 0.762. The van der Waals surface area contributed by atoms with Gasteiger partial charge >= 0.3 is 0 Å². The van der Waals surface area contributed by atoms with Crippen molar-refractivity contribution in [1.29, 1.82) is 0 Å². The minimum Gasteiger partial charge on any atom is -0.378 e. The molecule has 1 aliphatic carbocycles. The lowest BCUT2D eigenvalue weighted by molar-refractivity contribution is -0.140. The van der Waals surface area contributed by atoms with E-state index in [-0.39, 0.29) is 23.8 Å². The number of carbonyl (C=O) groups excluding carboxylic acids is 2. The molecule has 1 saturated carbocycles. The molecule has 120 valence electrons. The fourth-order valence-electron chi connectivity index (χ4n) is 3.15. The van der Waals surface area contributed by atoms with E-state index in [1.807, 2.05) is 6.92 Å². The maximum Gasteiger partial charge on any atom is 0.245 e. The number of rotatable bonds is 5. The first-order valence-corrected chi connectivity index (χ1v) is 8.03. The van der Waals surface area contributed by atoms with E-state index in [4.69, 9.17) is 10.5 Å². The molecule has 3 N–H and O–H groups in total. The average molecular weight is 297 g/mol. The molecule has 21 heavy (non-hydrogen) atoms. The predicted molar refractivity (Wildman–Crippen MR) is 79.6 cm³/mol. The van der Waals surface area contributed by atoms with Gasteiger partial charge in [-0.15, -0.1) is 0 Å². The van der Waals surface area contributed by atoms with Crippen LogP contribution >= 0.6 is 0 Å². The van der Waals surface area contributed by atoms with E-state index in [9.17, 15) is 9.59 Å². The van der Waals surface area contributed by atoms with Crippen molar-refractivity contribution in [3.05, 3.63) is 0 Å². The lowest BCUT2D eigenvalue weighted by Gasteiger charge is -2.30. The Labute approximate surface area is 126 Å². The summed E-state index contributed by atoms with van der Waals surface area (Å²) in [6.45, 7) is 4.29. The van der Waals surface area contributed by atoms with Crippen molar-refractivity contribution >= 4 is 11.8 Å². The van der Waals surface area contributed by atoms with Crippen LogP contribution in [0.25, 0.3) is 0 Å². The molecule has 2 fully saturated rings. The lowest BCUT2D eigenvalue weighted by Crippen LogP contribution is -2.51. The van der Waals surface area contributed by atoms with Gasteiger partial charge in [0.05, 0.1) is 13.2 Å². The van der Waals surface area contributed by atoms with Crippen molar-refractivity contribution in [3.63, 3.8) is 0 Å². The van der Waals surface area contributed by atoms with E-state index in [2.05, 4.69) is 5.32 Å². The summed E-state index contributed by atoms with van der Waals surface area (Å²) in [6.07, 6.45) is 4.17. The van der Waals surface area contributed by atoms with E-state index >= 15 is 0 Å². The van der Waals surface area contributed by atoms with Crippen LogP contribution in [0, 0.1) is 5.92 Å². The number of nitrogens with one attached hydrogen (secondary N) is 1. The summed E-state index contributed by atoms with van der Waals surface area (Å²) >= 11 is 0. The summed E-state index contributed by atoms with van der Waals surface area (Å²) in [7, 11) is 0. The van der Waals surface area contributed by atoms with Gasteiger partial charge in [0.2, 0.25) is 11.8 Å². The third-order valence-corrected chi connectivity index (χ3v) is 4.53. The minimum atomic E-state index is -0.423. The van der Waals surface area contributed by atoms with Crippen molar-refractivity contribution in [1.82, 2.24) is 10.2 Å². The molecule has 6 heteroatoms. The van der Waals surface area contributed by atoms with Crippen LogP contribution < -0.4 is 11.1 Å². The second-order valence-corrected chi connectivity index (χ2v) is 6.02. The molecular formula is C15H27N3O3. The van der Waals surface area contributed by atoms with E-state index in [1.54, 1.807) is 4.90 Å². The topological polar surface area (TPSA) is 84.7 Å². The third-order valence-electron chi connectivity index (χ3n) is 4.53. The molecule has 3 atom stereocenters. The largest absolute Gasteiger partial charge is 0.378 e. The Bertz CT molecular complexity index is 369. The van der Waals surface area contributed by atoms with Gasteiger partial charge in [0, 0.05) is 25.6 Å². The van der Waals surface area contributed by atoms with Crippen LogP contribution in [-0.4, -0.2) is 55.1 Å². The molecule has 0 aromatic rings. The number of carbonyl (C=O) groups is 2. The number of hydrogen-bond acceptors (Lipinski definition) is 4. The molecule has 2 amide bonds. The summed E-state index contributed by atoms with van der Waals surface area (Å²) < 4.78 is 5.25. The van der Waals surface area contributed by atoms with Gasteiger partial charge in [0.1, 0.15) is 6.04 Å². The molecule has 1 heterocycles. The van der Waals surface area contributed by atoms with Gasteiger partial charge in [-0.1, -0.05) is 13.3 Å². The van der Waals surface area contributed by atoms with Crippen LogP contribution in [0.4, 0.5) is 0 Å². The first-order valence-electron chi connectivity index (χ1n) is 8.03. The molecule has 1 unspecified atom stereocenters. The van der Waals surface area contributed by atoms with Crippen molar-refractivity contribution in [2.75, 3.05) is 26.3 Å². The number of nitrogens with two attached hydrogens (primary N) is 1. The molecule has 0 aromatic carbocycles. The fourth-order valence-corrected chi connectivity index (χ4v) is 3.15. The number of hydrogen-bond donors (Lipinski definition) is 2. The zero-order chi connectivity index (χ0) is 15.2. The van der Waals surface area contributed by atoms with Crippen molar-refractivity contribution in [2.24, 2.45) is 11.7 Å². The maximum absolute atomic E-state index is 12.4. The average Bonchev–Trinajstić information content (AvgIpc) is 2.90. The fraction of sp³-hybridized carbons (Fsp3) is 0.867. The summed E-state index contributed by atoms with van der Waals surface area (Å²) in [6, 6.07) is -0.293. The van der Waals surface area contributed by atoms with Crippen molar-refractivity contribution in [3.8, 4) is 0 Å². The Morgan fingerprint density at radius 1 is 1.33 bits per heavy atom. The van der Waals surface area contributed by atoms with Gasteiger partial charge in [0.25, 0.3) is 0 Å². The Balaban J connectivity index is 1.82. The highest BCUT2D eigenvalue weighted by atomic mass is 16.5. The standard InChI is InChI=1S/C15H27N3O3/c1-2-13(15(20)18-6-8-21-9-7-18)17-14(19)10-11-4-3-5-12(11)16/h11-13H,2-10,16H2,1H3,(H,17,19)/t11-,12+,13?/m0/s1. The van der Waals surface area contributed by atoms with Crippen LogP contribution in [0.1, 0.15) is 39.0 Å². The minimum absolute atomic E-state index is 0.00451. The van der Waals surface area contributed by atoms with Gasteiger partial charge < -0.3 is 20.7 Å². The van der Waals surface area contributed by atoms with E-state index in [0.29, 0.717) is 39.1 Å². The summed E-state index contributed by atoms with van der Waals surface area (Å²) in [4.78, 5) is 26.3. The molecule has 6 nitrogen and oxygen atoms in total. The van der Waals surface area contributed by atoms with Crippen LogP contribution in [0.15, 0.2) is 0 Å². The number of amides is 2. The van der Waals surface area contributed by atoms with Gasteiger partial charge in [-0.2, -0.15) is 0 Å². The first-order chi connectivity index (χ1) is 10.1. The molecule has 1 aliphatic heterocycles. The summed E-state index contributed by atoms with van der Waals surface area (Å²) in [5, 5.41) is 2.88. The summed E-state index contributed by atoms with van der Waals surface area (Å²) in [5.41, 5.74) is 6.00. The maximum atomic E-state index is 12.4. The first kappa shape index (κ1) is 16.2. The molecule has 0 spiro atoms. The highest BCUT2D eigenvalue weighted by molar-refractivity contribution is 5.87. The van der Waals surface area contributed by atoms with Gasteiger partial charge in [-0.3, -0.25) is 9.59 Å². The van der Waals surface area contributed by atoms with Gasteiger partial charge in [-0.05, 0) is 25.2 Å². The van der Waals surface area contributed by atoms with E-state index in [1.165, 1.54) is 0 Å². The number of morpholine rings is 1. The number of ether oxygens (including phenoxy) is 1. The van der Waals surface area contributed by atoms with Gasteiger partial charge in [0.15, 0.2) is 0 Å². The molecular weight excluding hydrogens is 270 g/mol. The zero-order valence-corrected chi connectivity index (χ0v) is 12.8. The van der Waals surface area contributed by atoms with E-state index in [0.717, 1.165) is 19.3 Å². The highest BCUT2D eigenvalue weighted by Crippen LogP contribution is 2.26. The Kier molecular flexibility index (Phi) is 5.99. The molecule has 2 aliphatic rings. The van der Waals surface area contributed by atoms with Crippen LogP contribution in [0.2, 0.25) is 0 Å². The van der Waals surface area contributed by atoms with E-state index < -0.39 is 6.04 Å². The van der Waals surface area contributed by atoms with Crippen LogP contribution in [-0.2, 0) is 14.3 Å². The normalized spacial score (nSPS) is 27.4. The second kappa shape index (κ2) is 7.75. The van der Waals surface area contributed by atoms with Crippen LogP contribution in [0.3, 0.4) is 0 Å². The monoisotopic (exact) mass is 297 g/mol. The smallest absolute Gasteiger partial charge is 0.245 e. The highest BCUT2D eigenvalue weighted by Gasteiger charge is 2.29. The molecule has 1 saturated heterocycles. The molecule has 2 rings (SSSR count). The second-order valence-electron chi connectivity index (χ2n) is 6.02. The molecule has 0 aromatic heterocycles. The number of nitrogens with zero attached hydrogens (tertiary/aromatic N) is 1. The molecule has 0 radical (unpaired) electrons. The third kappa shape index (κ3) is 4.41.